The van der Waals surface area contributed by atoms with E-state index in [1.807, 2.05) is 42.5 Å². The highest BCUT2D eigenvalue weighted by Crippen LogP contribution is 2.30. The first-order chi connectivity index (χ1) is 13.8. The molecular weight excluding hydrogens is 354 g/mol. The molecule has 28 heavy (non-hydrogen) atoms. The topological polar surface area (TPSA) is 84.2 Å². The van der Waals surface area contributed by atoms with Gasteiger partial charge in [0.25, 0.3) is 5.91 Å². The standard InChI is InChI=1S/C21H17N5O2/c27-20(26-12-16(13-26)24-21-22-9-4-10-23-21)15-7-8-18-17(11-15)19(28-25-18)14-5-2-1-3-6-14/h1-11,16H,12-13H2,(H,22,23,24). The number of aromatic nitrogens is 3. The number of carbonyl (C=O) groups excluding carboxylic acids is 1. The van der Waals surface area contributed by atoms with Gasteiger partial charge in [-0.1, -0.05) is 35.5 Å². The van der Waals surface area contributed by atoms with Crippen LogP contribution >= 0.6 is 0 Å². The molecule has 7 heteroatoms. The monoisotopic (exact) mass is 371 g/mol. The third-order valence-corrected chi connectivity index (χ3v) is 4.83. The van der Waals surface area contributed by atoms with Gasteiger partial charge in [-0.2, -0.15) is 0 Å². The molecule has 2 aromatic heterocycles. The Kier molecular flexibility index (Phi) is 3.97. The molecule has 0 saturated carbocycles. The van der Waals surface area contributed by atoms with Crippen molar-refractivity contribution in [3.05, 3.63) is 72.6 Å². The lowest BCUT2D eigenvalue weighted by Gasteiger charge is -2.39. The van der Waals surface area contributed by atoms with E-state index in [1.54, 1.807) is 29.4 Å². The lowest BCUT2D eigenvalue weighted by Crippen LogP contribution is -2.57. The van der Waals surface area contributed by atoms with Crippen molar-refractivity contribution in [2.45, 2.75) is 6.04 Å². The number of nitrogens with one attached hydrogen (secondary N) is 1. The van der Waals surface area contributed by atoms with E-state index in [2.05, 4.69) is 20.4 Å². The summed E-state index contributed by atoms with van der Waals surface area (Å²) in [6.07, 6.45) is 3.38. The minimum atomic E-state index is -0.00542. The Bertz CT molecular complexity index is 1120. The van der Waals surface area contributed by atoms with Crippen LogP contribution in [0, 0.1) is 0 Å². The predicted molar refractivity (Wildman–Crippen MR) is 105 cm³/mol. The summed E-state index contributed by atoms with van der Waals surface area (Å²) in [4.78, 5) is 23.0. The lowest BCUT2D eigenvalue weighted by molar-refractivity contribution is 0.0625. The van der Waals surface area contributed by atoms with Gasteiger partial charge in [-0.05, 0) is 24.3 Å². The number of hydrogen-bond donors (Lipinski definition) is 1. The van der Waals surface area contributed by atoms with Crippen LogP contribution < -0.4 is 5.32 Å². The van der Waals surface area contributed by atoms with E-state index in [-0.39, 0.29) is 11.9 Å². The van der Waals surface area contributed by atoms with Crippen LogP contribution in [0.25, 0.3) is 22.2 Å². The molecule has 1 aliphatic rings. The smallest absolute Gasteiger partial charge is 0.254 e. The summed E-state index contributed by atoms with van der Waals surface area (Å²) in [5.41, 5.74) is 2.30. The molecule has 0 aliphatic carbocycles. The molecule has 0 radical (unpaired) electrons. The summed E-state index contributed by atoms with van der Waals surface area (Å²) < 4.78 is 5.52. The molecular formula is C21H17N5O2. The highest BCUT2D eigenvalue weighted by Gasteiger charge is 2.31. The molecule has 0 bridgehead atoms. The number of fused-ring (bicyclic) bond motifs is 1. The Balaban J connectivity index is 1.33. The fourth-order valence-corrected chi connectivity index (χ4v) is 3.35. The molecule has 1 amide bonds. The van der Waals surface area contributed by atoms with Crippen LogP contribution in [0.3, 0.4) is 0 Å². The van der Waals surface area contributed by atoms with Crippen molar-refractivity contribution >= 4 is 22.8 Å². The van der Waals surface area contributed by atoms with Crippen molar-refractivity contribution in [2.75, 3.05) is 18.4 Å². The number of nitrogens with zero attached hydrogens (tertiary/aromatic N) is 4. The Morgan fingerprint density at radius 2 is 1.82 bits per heavy atom. The Morgan fingerprint density at radius 3 is 2.61 bits per heavy atom. The van der Waals surface area contributed by atoms with Crippen molar-refractivity contribution in [1.82, 2.24) is 20.0 Å². The molecule has 0 spiro atoms. The van der Waals surface area contributed by atoms with Gasteiger partial charge in [-0.25, -0.2) is 9.97 Å². The molecule has 3 heterocycles. The average Bonchev–Trinajstić information content (AvgIpc) is 3.14. The Labute approximate surface area is 161 Å². The lowest BCUT2D eigenvalue weighted by atomic mass is 10.0. The zero-order valence-electron chi connectivity index (χ0n) is 14.9. The second kappa shape index (κ2) is 6.77. The van der Waals surface area contributed by atoms with Crippen LogP contribution in [0.2, 0.25) is 0 Å². The van der Waals surface area contributed by atoms with Crippen molar-refractivity contribution in [2.24, 2.45) is 0 Å². The normalized spacial score (nSPS) is 14.1. The number of hydrogen-bond acceptors (Lipinski definition) is 6. The van der Waals surface area contributed by atoms with Gasteiger partial charge in [-0.15, -0.1) is 0 Å². The number of benzene rings is 2. The van der Waals surface area contributed by atoms with Crippen LogP contribution in [0.4, 0.5) is 5.95 Å². The summed E-state index contributed by atoms with van der Waals surface area (Å²) >= 11 is 0. The third-order valence-electron chi connectivity index (χ3n) is 4.83. The van der Waals surface area contributed by atoms with Gasteiger partial charge < -0.3 is 14.7 Å². The molecule has 1 N–H and O–H groups in total. The summed E-state index contributed by atoms with van der Waals surface area (Å²) in [5, 5.41) is 8.18. The number of carbonyl (C=O) groups is 1. The van der Waals surface area contributed by atoms with E-state index in [0.29, 0.717) is 30.4 Å². The van der Waals surface area contributed by atoms with E-state index in [1.165, 1.54) is 0 Å². The SMILES string of the molecule is O=C(c1ccc2noc(-c3ccccc3)c2c1)N1CC(Nc2ncccn2)C1. The minimum absolute atomic E-state index is 0.00542. The molecule has 1 saturated heterocycles. The van der Waals surface area contributed by atoms with Crippen LogP contribution in [-0.2, 0) is 0 Å². The van der Waals surface area contributed by atoms with Gasteiger partial charge in [-0.3, -0.25) is 4.79 Å². The third kappa shape index (κ3) is 2.96. The van der Waals surface area contributed by atoms with Gasteiger partial charge in [0.05, 0.1) is 11.4 Å². The van der Waals surface area contributed by atoms with E-state index >= 15 is 0 Å². The molecule has 138 valence electrons. The Morgan fingerprint density at radius 1 is 1.04 bits per heavy atom. The number of amides is 1. The summed E-state index contributed by atoms with van der Waals surface area (Å²) in [6, 6.07) is 17.2. The highest BCUT2D eigenvalue weighted by molar-refractivity contribution is 6.01. The fraction of sp³-hybridized carbons (Fsp3) is 0.143. The second-order valence-electron chi connectivity index (χ2n) is 6.73. The van der Waals surface area contributed by atoms with Crippen LogP contribution in [0.15, 0.2) is 71.5 Å². The zero-order chi connectivity index (χ0) is 18.9. The maximum Gasteiger partial charge on any atom is 0.254 e. The van der Waals surface area contributed by atoms with Crippen molar-refractivity contribution < 1.29 is 9.32 Å². The minimum Gasteiger partial charge on any atom is -0.355 e. The molecule has 1 aliphatic heterocycles. The maximum absolute atomic E-state index is 12.9. The van der Waals surface area contributed by atoms with E-state index in [0.717, 1.165) is 16.5 Å². The quantitative estimate of drug-likeness (QED) is 0.593. The highest BCUT2D eigenvalue weighted by atomic mass is 16.5. The van der Waals surface area contributed by atoms with Gasteiger partial charge >= 0.3 is 0 Å². The largest absolute Gasteiger partial charge is 0.355 e. The van der Waals surface area contributed by atoms with Crippen LogP contribution in [-0.4, -0.2) is 45.1 Å². The summed E-state index contributed by atoms with van der Waals surface area (Å²) in [7, 11) is 0. The maximum atomic E-state index is 12.9. The molecule has 7 nitrogen and oxygen atoms in total. The molecule has 0 unspecified atom stereocenters. The first-order valence-electron chi connectivity index (χ1n) is 9.05. The van der Waals surface area contributed by atoms with Crippen molar-refractivity contribution in [1.29, 1.82) is 0 Å². The van der Waals surface area contributed by atoms with Crippen molar-refractivity contribution in [3.8, 4) is 11.3 Å². The first-order valence-corrected chi connectivity index (χ1v) is 9.05. The summed E-state index contributed by atoms with van der Waals surface area (Å²) in [6.45, 7) is 1.23. The predicted octanol–water partition coefficient (Wildman–Crippen LogP) is 3.22. The molecule has 5 rings (SSSR count). The van der Waals surface area contributed by atoms with E-state index in [4.69, 9.17) is 4.52 Å². The van der Waals surface area contributed by atoms with Gasteiger partial charge in [0.15, 0.2) is 5.76 Å². The van der Waals surface area contributed by atoms with Crippen LogP contribution in [0.1, 0.15) is 10.4 Å². The van der Waals surface area contributed by atoms with Gasteiger partial charge in [0, 0.05) is 36.6 Å². The molecule has 1 fully saturated rings. The van der Waals surface area contributed by atoms with Gasteiger partial charge in [0.2, 0.25) is 5.95 Å². The molecule has 0 atom stereocenters. The summed E-state index contributed by atoms with van der Waals surface area (Å²) in [5.74, 6) is 1.25. The number of anilines is 1. The van der Waals surface area contributed by atoms with E-state index < -0.39 is 0 Å². The van der Waals surface area contributed by atoms with E-state index in [9.17, 15) is 4.79 Å². The number of rotatable bonds is 4. The average molecular weight is 371 g/mol. The number of likely N-dealkylation sites (tertiary alicyclic amines) is 1. The molecule has 2 aromatic carbocycles. The fourth-order valence-electron chi connectivity index (χ4n) is 3.35. The first kappa shape index (κ1) is 16.4. The second-order valence-corrected chi connectivity index (χ2v) is 6.73. The zero-order valence-corrected chi connectivity index (χ0v) is 14.9. The molecule has 4 aromatic rings. The van der Waals surface area contributed by atoms with Gasteiger partial charge in [0.1, 0.15) is 5.52 Å². The van der Waals surface area contributed by atoms with Crippen LogP contribution in [0.5, 0.6) is 0 Å². The van der Waals surface area contributed by atoms with Crippen molar-refractivity contribution in [3.63, 3.8) is 0 Å². The Hall–Kier alpha value is -3.74.